The summed E-state index contributed by atoms with van der Waals surface area (Å²) in [4.78, 5) is 20.5. The van der Waals surface area contributed by atoms with Crippen LogP contribution in [0.25, 0.3) is 0 Å². The Balaban J connectivity index is -0.000000500. The maximum absolute atomic E-state index is 10.2. The summed E-state index contributed by atoms with van der Waals surface area (Å²) in [6.45, 7) is 0.392. The van der Waals surface area contributed by atoms with Crippen LogP contribution in [0.4, 0.5) is 0 Å². The average Bonchev–Trinajstić information content (AvgIpc) is 1.87. The van der Waals surface area contributed by atoms with Crippen molar-refractivity contribution in [2.24, 2.45) is 5.92 Å². The summed E-state index contributed by atoms with van der Waals surface area (Å²) < 4.78 is 0. The minimum absolute atomic E-state index is 0. The first kappa shape index (κ1) is 19.5. The van der Waals surface area contributed by atoms with Gasteiger partial charge in [-0.2, -0.15) is 0 Å². The molecule has 0 unspecified atom stereocenters. The van der Waals surface area contributed by atoms with Crippen molar-refractivity contribution in [2.75, 3.05) is 13.6 Å². The van der Waals surface area contributed by atoms with E-state index in [4.69, 9.17) is 10.2 Å². The Kier molecular flexibility index (Phi) is 16.4. The van der Waals surface area contributed by atoms with Crippen molar-refractivity contribution >= 4 is 71.1 Å². The second-order valence-corrected chi connectivity index (χ2v) is 2.12. The van der Waals surface area contributed by atoms with Crippen molar-refractivity contribution in [3.8, 4) is 0 Å². The summed E-state index contributed by atoms with van der Waals surface area (Å²) in [5.41, 5.74) is 0. The number of rotatable bonds is 5. The molecule has 0 rings (SSSR count). The van der Waals surface area contributed by atoms with Crippen molar-refractivity contribution in [1.82, 2.24) is 5.32 Å². The molecular weight excluding hydrogens is 196 g/mol. The van der Waals surface area contributed by atoms with Gasteiger partial charge in [0.2, 0.25) is 0 Å². The third kappa shape index (κ3) is 9.21. The molecule has 0 aliphatic carbocycles. The monoisotopic (exact) mass is 209 g/mol. The van der Waals surface area contributed by atoms with Crippen molar-refractivity contribution in [1.29, 1.82) is 0 Å². The zero-order valence-electron chi connectivity index (χ0n) is 6.20. The zero-order valence-corrected chi connectivity index (χ0v) is 6.20. The first-order chi connectivity index (χ1) is 5.09. The van der Waals surface area contributed by atoms with Gasteiger partial charge in [-0.25, -0.2) is 0 Å². The number of carboxylic acids is 2. The molecule has 0 aliphatic rings. The van der Waals surface area contributed by atoms with Gasteiger partial charge in [-0.15, -0.1) is 0 Å². The summed E-state index contributed by atoms with van der Waals surface area (Å²) in [5, 5.41) is 19.4. The molecule has 3 N–H and O–H groups in total. The number of carbonyl (C=O) groups is 2. The van der Waals surface area contributed by atoms with Crippen molar-refractivity contribution in [3.05, 3.63) is 0 Å². The molecule has 0 atom stereocenters. The first-order valence-electron chi connectivity index (χ1n) is 3.19. The molecule has 0 saturated heterocycles. The van der Waals surface area contributed by atoms with E-state index in [1.165, 1.54) is 0 Å². The fourth-order valence-corrected chi connectivity index (χ4v) is 0.641. The summed E-state index contributed by atoms with van der Waals surface area (Å²) in [7, 11) is 1.64. The molecule has 0 aromatic carbocycles. The van der Waals surface area contributed by atoms with E-state index in [0.29, 0.717) is 6.54 Å². The molecular formula is C6H13NNa2O4. The van der Waals surface area contributed by atoms with E-state index in [1.54, 1.807) is 7.05 Å². The maximum atomic E-state index is 10.2. The van der Waals surface area contributed by atoms with Crippen LogP contribution in [0, 0.1) is 5.92 Å². The third-order valence-electron chi connectivity index (χ3n) is 1.28. The standard InChI is InChI=1S/C6H11NO4.2Na.2H/c1-7-3-2-4(5(8)9)6(10)11;;;;/h4,7H,2-3H2,1H3,(H,8,9)(H,10,11);;;;. The van der Waals surface area contributed by atoms with E-state index in [1.807, 2.05) is 0 Å². The Morgan fingerprint density at radius 1 is 1.23 bits per heavy atom. The van der Waals surface area contributed by atoms with Crippen LogP contribution in [-0.2, 0) is 9.59 Å². The molecule has 0 fully saturated rings. The minimum atomic E-state index is -1.29. The van der Waals surface area contributed by atoms with E-state index in [2.05, 4.69) is 5.32 Å². The Hall–Kier alpha value is 0.900. The van der Waals surface area contributed by atoms with E-state index in [9.17, 15) is 9.59 Å². The summed E-state index contributed by atoms with van der Waals surface area (Å²) in [6.07, 6.45) is 0.112. The quantitative estimate of drug-likeness (QED) is 0.363. The molecule has 0 aromatic heterocycles. The molecule has 7 heteroatoms. The zero-order chi connectivity index (χ0) is 8.85. The Labute approximate surface area is 121 Å². The third-order valence-corrected chi connectivity index (χ3v) is 1.28. The van der Waals surface area contributed by atoms with Gasteiger partial charge in [0.1, 0.15) is 0 Å². The summed E-state index contributed by atoms with van der Waals surface area (Å²) in [5.74, 6) is -3.86. The molecule has 68 valence electrons. The van der Waals surface area contributed by atoms with Crippen molar-refractivity contribution in [3.63, 3.8) is 0 Å². The van der Waals surface area contributed by atoms with E-state index in [0.717, 1.165) is 0 Å². The molecule has 0 radical (unpaired) electrons. The van der Waals surface area contributed by atoms with Crippen LogP contribution in [0.1, 0.15) is 6.42 Å². The number of nitrogens with one attached hydrogen (secondary N) is 1. The van der Waals surface area contributed by atoms with Gasteiger partial charge >= 0.3 is 71.1 Å². The van der Waals surface area contributed by atoms with Crippen LogP contribution in [0.2, 0.25) is 0 Å². The van der Waals surface area contributed by atoms with Crippen LogP contribution in [0.3, 0.4) is 0 Å². The fraction of sp³-hybridized carbons (Fsp3) is 0.667. The van der Waals surface area contributed by atoms with Gasteiger partial charge in [0, 0.05) is 0 Å². The Morgan fingerprint density at radius 2 is 1.62 bits per heavy atom. The SMILES string of the molecule is CNCCC(C(=O)O)C(=O)O.[NaH].[NaH]. The van der Waals surface area contributed by atoms with Crippen LogP contribution in [0.15, 0.2) is 0 Å². The molecule has 0 aromatic rings. The average molecular weight is 209 g/mol. The normalized spacial score (nSPS) is 8.46. The number of carboxylic acid groups (broad SMARTS) is 2. The van der Waals surface area contributed by atoms with Gasteiger partial charge in [-0.3, -0.25) is 9.59 Å². The van der Waals surface area contributed by atoms with E-state index in [-0.39, 0.29) is 65.5 Å². The number of aliphatic carboxylic acids is 2. The molecule has 0 spiro atoms. The van der Waals surface area contributed by atoms with Gasteiger partial charge in [-0.1, -0.05) is 0 Å². The van der Waals surface area contributed by atoms with Crippen LogP contribution in [0.5, 0.6) is 0 Å². The van der Waals surface area contributed by atoms with Gasteiger partial charge in [0.25, 0.3) is 0 Å². The second-order valence-electron chi connectivity index (χ2n) is 2.12. The van der Waals surface area contributed by atoms with Gasteiger partial charge in [0.05, 0.1) is 0 Å². The van der Waals surface area contributed by atoms with Crippen LogP contribution in [-0.4, -0.2) is 94.9 Å². The topological polar surface area (TPSA) is 86.6 Å². The molecule has 5 nitrogen and oxygen atoms in total. The molecule has 13 heavy (non-hydrogen) atoms. The predicted molar refractivity (Wildman–Crippen MR) is 51.6 cm³/mol. The van der Waals surface area contributed by atoms with Gasteiger partial charge < -0.3 is 15.5 Å². The van der Waals surface area contributed by atoms with Crippen molar-refractivity contribution < 1.29 is 19.8 Å². The first-order valence-corrected chi connectivity index (χ1v) is 3.19. The summed E-state index contributed by atoms with van der Waals surface area (Å²) >= 11 is 0. The predicted octanol–water partition coefficient (Wildman–Crippen LogP) is -1.92. The summed E-state index contributed by atoms with van der Waals surface area (Å²) in [6, 6.07) is 0. The molecule has 0 bridgehead atoms. The van der Waals surface area contributed by atoms with Gasteiger partial charge in [-0.05, 0) is 20.0 Å². The van der Waals surface area contributed by atoms with E-state index < -0.39 is 17.9 Å². The Morgan fingerprint density at radius 3 is 1.85 bits per heavy atom. The second kappa shape index (κ2) is 11.0. The molecule has 0 amide bonds. The van der Waals surface area contributed by atoms with Crippen molar-refractivity contribution in [2.45, 2.75) is 6.42 Å². The Bertz CT molecular complexity index is 151. The molecule has 0 saturated carbocycles. The molecule has 0 heterocycles. The van der Waals surface area contributed by atoms with Gasteiger partial charge in [0.15, 0.2) is 5.92 Å². The van der Waals surface area contributed by atoms with Crippen LogP contribution < -0.4 is 5.32 Å². The number of hydrogen-bond donors (Lipinski definition) is 3. The van der Waals surface area contributed by atoms with Crippen LogP contribution >= 0.6 is 0 Å². The molecule has 0 aliphatic heterocycles. The fourth-order valence-electron chi connectivity index (χ4n) is 0.641. The number of hydrogen-bond acceptors (Lipinski definition) is 3. The van der Waals surface area contributed by atoms with E-state index >= 15 is 0 Å².